The molecule has 1 saturated heterocycles. The van der Waals surface area contributed by atoms with E-state index in [1.165, 1.54) is 5.56 Å². The zero-order chi connectivity index (χ0) is 16.9. The molecule has 1 aromatic carbocycles. The summed E-state index contributed by atoms with van der Waals surface area (Å²) < 4.78 is 4.95. The van der Waals surface area contributed by atoms with E-state index in [1.54, 1.807) is 42.5 Å². The average molecular weight is 344 g/mol. The fourth-order valence-corrected chi connectivity index (χ4v) is 3.63. The van der Waals surface area contributed by atoms with Crippen molar-refractivity contribution in [3.63, 3.8) is 0 Å². The van der Waals surface area contributed by atoms with E-state index >= 15 is 0 Å². The van der Waals surface area contributed by atoms with Gasteiger partial charge in [-0.2, -0.15) is 11.3 Å². The van der Waals surface area contributed by atoms with Gasteiger partial charge in [0, 0.05) is 12.2 Å². The number of anilines is 1. The lowest BCUT2D eigenvalue weighted by Crippen LogP contribution is -2.34. The van der Waals surface area contributed by atoms with Gasteiger partial charge in [-0.3, -0.25) is 0 Å². The molecule has 0 saturated carbocycles. The van der Waals surface area contributed by atoms with Crippen LogP contribution in [0.5, 0.6) is 0 Å². The predicted molar refractivity (Wildman–Crippen MR) is 94.4 cm³/mol. The molecule has 1 atom stereocenters. The van der Waals surface area contributed by atoms with Crippen LogP contribution in [-0.4, -0.2) is 30.1 Å². The van der Waals surface area contributed by atoms with E-state index in [2.05, 4.69) is 16.8 Å². The lowest BCUT2D eigenvalue weighted by Gasteiger charge is -2.24. The molecule has 1 fully saturated rings. The summed E-state index contributed by atoms with van der Waals surface area (Å²) in [6.07, 6.45) is 2.00. The fraction of sp³-hybridized carbons (Fsp3) is 0.333. The van der Waals surface area contributed by atoms with Crippen LogP contribution in [0.15, 0.2) is 41.1 Å². The fourth-order valence-electron chi connectivity index (χ4n) is 2.92. The van der Waals surface area contributed by atoms with Gasteiger partial charge < -0.3 is 15.0 Å². The van der Waals surface area contributed by atoms with Gasteiger partial charge in [0.05, 0.1) is 18.2 Å². The maximum atomic E-state index is 12.6. The summed E-state index contributed by atoms with van der Waals surface area (Å²) in [6.45, 7) is 2.87. The molecule has 2 aromatic rings. The van der Waals surface area contributed by atoms with Crippen LogP contribution < -0.4 is 5.32 Å². The molecule has 1 aliphatic heterocycles. The highest BCUT2D eigenvalue weighted by Crippen LogP contribution is 2.33. The Bertz CT molecular complexity index is 698. The second-order valence-corrected chi connectivity index (χ2v) is 6.42. The largest absolute Gasteiger partial charge is 0.462 e. The van der Waals surface area contributed by atoms with E-state index < -0.39 is 0 Å². The second kappa shape index (κ2) is 7.49. The highest BCUT2D eigenvalue weighted by atomic mass is 32.1. The summed E-state index contributed by atoms with van der Waals surface area (Å²) in [5.41, 5.74) is 2.35. The second-order valence-electron chi connectivity index (χ2n) is 5.64. The Morgan fingerprint density at radius 3 is 2.75 bits per heavy atom. The van der Waals surface area contributed by atoms with Crippen LogP contribution >= 0.6 is 11.3 Å². The number of urea groups is 1. The Hall–Kier alpha value is -2.34. The van der Waals surface area contributed by atoms with Gasteiger partial charge in [-0.1, -0.05) is 0 Å². The van der Waals surface area contributed by atoms with Gasteiger partial charge in [-0.05, 0) is 66.4 Å². The average Bonchev–Trinajstić information content (AvgIpc) is 3.26. The maximum absolute atomic E-state index is 12.6. The van der Waals surface area contributed by atoms with Crippen LogP contribution in [0, 0.1) is 0 Å². The number of esters is 1. The molecule has 126 valence electrons. The summed E-state index contributed by atoms with van der Waals surface area (Å²) in [5.74, 6) is -0.354. The Morgan fingerprint density at radius 2 is 2.08 bits per heavy atom. The molecule has 0 bridgehead atoms. The van der Waals surface area contributed by atoms with Gasteiger partial charge >= 0.3 is 12.0 Å². The number of ether oxygens (including phenoxy) is 1. The van der Waals surface area contributed by atoms with Gasteiger partial charge in [0.2, 0.25) is 0 Å². The zero-order valence-corrected chi connectivity index (χ0v) is 14.3. The van der Waals surface area contributed by atoms with Gasteiger partial charge in [0.1, 0.15) is 0 Å². The van der Waals surface area contributed by atoms with Gasteiger partial charge in [0.15, 0.2) is 0 Å². The summed E-state index contributed by atoms with van der Waals surface area (Å²) in [4.78, 5) is 26.1. The van der Waals surface area contributed by atoms with Crippen molar-refractivity contribution < 1.29 is 14.3 Å². The number of nitrogens with zero attached hydrogens (tertiary/aromatic N) is 1. The van der Waals surface area contributed by atoms with Crippen molar-refractivity contribution in [2.24, 2.45) is 0 Å². The first kappa shape index (κ1) is 16.5. The number of hydrogen-bond donors (Lipinski definition) is 1. The lowest BCUT2D eigenvalue weighted by molar-refractivity contribution is 0.0526. The molecule has 1 aliphatic rings. The van der Waals surface area contributed by atoms with Crippen molar-refractivity contribution in [1.82, 2.24) is 4.90 Å². The van der Waals surface area contributed by atoms with Crippen LogP contribution in [0.4, 0.5) is 10.5 Å². The van der Waals surface area contributed by atoms with Crippen LogP contribution in [0.3, 0.4) is 0 Å². The standard InChI is InChI=1S/C18H20N2O3S/c1-2-23-17(21)13-5-7-15(8-6-13)19-18(22)20-10-3-4-16(20)14-9-11-24-12-14/h5-9,11-12,16H,2-4,10H2,1H3,(H,19,22). The minimum atomic E-state index is -0.354. The Morgan fingerprint density at radius 1 is 1.29 bits per heavy atom. The summed E-state index contributed by atoms with van der Waals surface area (Å²) in [6, 6.07) is 8.89. The summed E-state index contributed by atoms with van der Waals surface area (Å²) in [5, 5.41) is 7.05. The molecule has 1 N–H and O–H groups in total. The van der Waals surface area contributed by atoms with E-state index in [0.717, 1.165) is 19.4 Å². The van der Waals surface area contributed by atoms with Gasteiger partial charge in [-0.25, -0.2) is 9.59 Å². The van der Waals surface area contributed by atoms with Gasteiger partial charge in [0.25, 0.3) is 0 Å². The molecule has 5 nitrogen and oxygen atoms in total. The molecular formula is C18H20N2O3S. The maximum Gasteiger partial charge on any atom is 0.338 e. The first-order valence-corrected chi connectivity index (χ1v) is 9.00. The lowest BCUT2D eigenvalue weighted by atomic mass is 10.1. The molecule has 3 rings (SSSR count). The van der Waals surface area contributed by atoms with E-state index in [1.807, 2.05) is 10.3 Å². The van der Waals surface area contributed by atoms with E-state index in [4.69, 9.17) is 4.74 Å². The monoisotopic (exact) mass is 344 g/mol. The number of amides is 2. The highest BCUT2D eigenvalue weighted by Gasteiger charge is 2.30. The smallest absolute Gasteiger partial charge is 0.338 e. The van der Waals surface area contributed by atoms with E-state index in [9.17, 15) is 9.59 Å². The number of likely N-dealkylation sites (tertiary alicyclic amines) is 1. The third kappa shape index (κ3) is 3.59. The SMILES string of the molecule is CCOC(=O)c1ccc(NC(=O)N2CCCC2c2ccsc2)cc1. The molecule has 6 heteroatoms. The van der Waals surface area contributed by atoms with Crippen LogP contribution in [0.2, 0.25) is 0 Å². The van der Waals surface area contributed by atoms with Crippen molar-refractivity contribution in [2.45, 2.75) is 25.8 Å². The Kier molecular flexibility index (Phi) is 5.15. The van der Waals surface area contributed by atoms with Crippen molar-refractivity contribution in [3.05, 3.63) is 52.2 Å². The van der Waals surface area contributed by atoms with Crippen molar-refractivity contribution in [2.75, 3.05) is 18.5 Å². The molecule has 0 aliphatic carbocycles. The molecular weight excluding hydrogens is 324 g/mol. The topological polar surface area (TPSA) is 58.6 Å². The van der Waals surface area contributed by atoms with Gasteiger partial charge in [-0.15, -0.1) is 0 Å². The molecule has 1 aromatic heterocycles. The number of thiophene rings is 1. The predicted octanol–water partition coefficient (Wildman–Crippen LogP) is 4.29. The molecule has 0 spiro atoms. The molecule has 2 heterocycles. The van der Waals surface area contributed by atoms with Crippen LogP contribution in [0.1, 0.15) is 41.7 Å². The number of hydrogen-bond acceptors (Lipinski definition) is 4. The highest BCUT2D eigenvalue weighted by molar-refractivity contribution is 7.08. The zero-order valence-electron chi connectivity index (χ0n) is 13.5. The molecule has 0 radical (unpaired) electrons. The number of benzene rings is 1. The number of rotatable bonds is 4. The normalized spacial score (nSPS) is 16.9. The van der Waals surface area contributed by atoms with Crippen LogP contribution in [-0.2, 0) is 4.74 Å². The molecule has 24 heavy (non-hydrogen) atoms. The van der Waals surface area contributed by atoms with Crippen molar-refractivity contribution in [3.8, 4) is 0 Å². The third-order valence-electron chi connectivity index (χ3n) is 4.09. The Balaban J connectivity index is 1.65. The van der Waals surface area contributed by atoms with Crippen LogP contribution in [0.25, 0.3) is 0 Å². The third-order valence-corrected chi connectivity index (χ3v) is 4.79. The quantitative estimate of drug-likeness (QED) is 0.842. The summed E-state index contributed by atoms with van der Waals surface area (Å²) >= 11 is 1.65. The number of carbonyl (C=O) groups is 2. The number of nitrogens with one attached hydrogen (secondary N) is 1. The molecule has 1 unspecified atom stereocenters. The molecule has 2 amide bonds. The summed E-state index contributed by atoms with van der Waals surface area (Å²) in [7, 11) is 0. The number of carbonyl (C=O) groups excluding carboxylic acids is 2. The van der Waals surface area contributed by atoms with Crippen molar-refractivity contribution in [1.29, 1.82) is 0 Å². The van der Waals surface area contributed by atoms with E-state index in [-0.39, 0.29) is 18.0 Å². The van der Waals surface area contributed by atoms with Crippen molar-refractivity contribution >= 4 is 29.0 Å². The van der Waals surface area contributed by atoms with E-state index in [0.29, 0.717) is 17.9 Å². The first-order valence-electron chi connectivity index (χ1n) is 8.06. The minimum absolute atomic E-state index is 0.104. The Labute approximate surface area is 145 Å². The minimum Gasteiger partial charge on any atom is -0.462 e. The first-order chi connectivity index (χ1) is 11.7.